The molecule has 1 aliphatic rings. The number of hydrogen-bond donors (Lipinski definition) is 0. The van der Waals surface area contributed by atoms with Gasteiger partial charge in [0, 0.05) is 53.2 Å². The highest BCUT2D eigenvalue weighted by molar-refractivity contribution is 5.77. The predicted molar refractivity (Wildman–Crippen MR) is 110 cm³/mol. The van der Waals surface area contributed by atoms with Gasteiger partial charge in [0.25, 0.3) is 5.56 Å². The Morgan fingerprint density at radius 3 is 2.47 bits per heavy atom. The quantitative estimate of drug-likeness (QED) is 0.614. The monoisotopic (exact) mass is 414 g/mol. The van der Waals surface area contributed by atoms with Crippen molar-refractivity contribution in [3.8, 4) is 0 Å². The molecule has 0 saturated carbocycles. The highest BCUT2D eigenvalue weighted by Crippen LogP contribution is 2.20. The molecule has 4 rings (SSSR count). The number of carbonyl (C=O) groups excluding carboxylic acids is 1. The summed E-state index contributed by atoms with van der Waals surface area (Å²) in [5.74, 6) is -0.299. The van der Waals surface area contributed by atoms with Gasteiger partial charge in [-0.05, 0) is 12.1 Å². The summed E-state index contributed by atoms with van der Waals surface area (Å²) >= 11 is 0. The summed E-state index contributed by atoms with van der Waals surface area (Å²) in [6.07, 6.45) is 1.69. The maximum atomic E-state index is 14.0. The van der Waals surface area contributed by atoms with Crippen molar-refractivity contribution in [3.05, 3.63) is 57.2 Å². The van der Waals surface area contributed by atoms with Crippen molar-refractivity contribution < 1.29 is 9.18 Å². The summed E-state index contributed by atoms with van der Waals surface area (Å²) in [6.45, 7) is 2.42. The molecule has 1 aliphatic heterocycles. The van der Waals surface area contributed by atoms with Crippen LogP contribution in [-0.4, -0.2) is 55.7 Å². The van der Waals surface area contributed by atoms with E-state index in [0.717, 1.165) is 4.57 Å². The van der Waals surface area contributed by atoms with Crippen LogP contribution in [0.3, 0.4) is 0 Å². The summed E-state index contributed by atoms with van der Waals surface area (Å²) in [4.78, 5) is 45.0. The number of benzene rings is 1. The normalized spacial score (nSPS) is 14.5. The number of aryl methyl sites for hydroxylation is 2. The van der Waals surface area contributed by atoms with Gasteiger partial charge in [0.15, 0.2) is 11.2 Å². The Morgan fingerprint density at radius 1 is 1.07 bits per heavy atom. The van der Waals surface area contributed by atoms with Gasteiger partial charge >= 0.3 is 5.69 Å². The molecule has 0 unspecified atom stereocenters. The Morgan fingerprint density at radius 2 is 1.77 bits per heavy atom. The van der Waals surface area contributed by atoms with Gasteiger partial charge in [0.2, 0.25) is 5.91 Å². The maximum Gasteiger partial charge on any atom is 0.332 e. The standard InChI is InChI=1S/C20H23FN6O3/c1-23-18-17(19(29)24(2)20(23)30)27(13-22-18)8-7-16(28)26-11-9-25(10-12-26)15-6-4-3-5-14(15)21/h3-6,13H,7-12H2,1-2H3. The molecule has 0 radical (unpaired) electrons. The number of nitrogens with zero attached hydrogens (tertiary/aromatic N) is 6. The molecule has 1 saturated heterocycles. The lowest BCUT2D eigenvalue weighted by atomic mass is 10.2. The molecule has 0 aliphatic carbocycles. The molecular weight excluding hydrogens is 391 g/mol. The molecular formula is C20H23FN6O3. The Labute approximate surface area is 171 Å². The average molecular weight is 414 g/mol. The van der Waals surface area contributed by atoms with Crippen LogP contribution >= 0.6 is 0 Å². The SMILES string of the molecule is Cn1c(=O)c2c(ncn2CCC(=O)N2CCN(c3ccccc3F)CC2)n(C)c1=O. The summed E-state index contributed by atoms with van der Waals surface area (Å²) < 4.78 is 17.9. The minimum atomic E-state index is -0.443. The van der Waals surface area contributed by atoms with E-state index in [1.165, 1.54) is 24.0 Å². The minimum absolute atomic E-state index is 0.0355. The minimum Gasteiger partial charge on any atom is -0.366 e. The highest BCUT2D eigenvalue weighted by atomic mass is 19.1. The fourth-order valence-electron chi connectivity index (χ4n) is 3.85. The van der Waals surface area contributed by atoms with Crippen molar-refractivity contribution in [1.82, 2.24) is 23.6 Å². The number of carbonyl (C=O) groups is 1. The number of halogens is 1. The third-order valence-electron chi connectivity index (χ3n) is 5.61. The van der Waals surface area contributed by atoms with E-state index in [4.69, 9.17) is 0 Å². The van der Waals surface area contributed by atoms with Crippen LogP contribution in [0.5, 0.6) is 0 Å². The first-order chi connectivity index (χ1) is 14.4. The lowest BCUT2D eigenvalue weighted by molar-refractivity contribution is -0.131. The molecule has 0 N–H and O–H groups in total. The zero-order chi connectivity index (χ0) is 21.4. The van der Waals surface area contributed by atoms with Crippen molar-refractivity contribution in [3.63, 3.8) is 0 Å². The number of hydrogen-bond acceptors (Lipinski definition) is 5. The van der Waals surface area contributed by atoms with Crippen LogP contribution in [0.15, 0.2) is 40.2 Å². The molecule has 9 nitrogen and oxygen atoms in total. The van der Waals surface area contributed by atoms with Crippen LogP contribution < -0.4 is 16.1 Å². The largest absolute Gasteiger partial charge is 0.366 e. The number of fused-ring (bicyclic) bond motifs is 1. The first-order valence-electron chi connectivity index (χ1n) is 9.76. The van der Waals surface area contributed by atoms with E-state index in [9.17, 15) is 18.8 Å². The number of imidazole rings is 1. The van der Waals surface area contributed by atoms with E-state index < -0.39 is 11.2 Å². The van der Waals surface area contributed by atoms with Gasteiger partial charge in [-0.3, -0.25) is 18.7 Å². The van der Waals surface area contributed by atoms with Crippen LogP contribution in [0.4, 0.5) is 10.1 Å². The predicted octanol–water partition coefficient (Wildman–Crippen LogP) is 0.312. The van der Waals surface area contributed by atoms with E-state index in [-0.39, 0.29) is 24.7 Å². The second-order valence-electron chi connectivity index (χ2n) is 7.39. The Bertz CT molecular complexity index is 1220. The van der Waals surface area contributed by atoms with Gasteiger partial charge in [0.1, 0.15) is 5.82 Å². The molecule has 1 aromatic carbocycles. The van der Waals surface area contributed by atoms with Gasteiger partial charge in [-0.2, -0.15) is 0 Å². The topological polar surface area (TPSA) is 85.4 Å². The van der Waals surface area contributed by atoms with Gasteiger partial charge < -0.3 is 14.4 Å². The third-order valence-corrected chi connectivity index (χ3v) is 5.61. The second kappa shape index (κ2) is 7.77. The van der Waals surface area contributed by atoms with E-state index in [2.05, 4.69) is 4.98 Å². The molecule has 10 heteroatoms. The molecule has 0 bridgehead atoms. The van der Waals surface area contributed by atoms with Crippen molar-refractivity contribution in [1.29, 1.82) is 0 Å². The molecule has 30 heavy (non-hydrogen) atoms. The second-order valence-corrected chi connectivity index (χ2v) is 7.39. The lowest BCUT2D eigenvalue weighted by Crippen LogP contribution is -2.49. The van der Waals surface area contributed by atoms with Crippen molar-refractivity contribution in [2.45, 2.75) is 13.0 Å². The molecule has 1 fully saturated rings. The molecule has 2 aromatic heterocycles. The average Bonchev–Trinajstić information content (AvgIpc) is 3.19. The summed E-state index contributed by atoms with van der Waals surface area (Å²) in [5.41, 5.74) is 0.278. The van der Waals surface area contributed by atoms with Crippen LogP contribution in [0.1, 0.15) is 6.42 Å². The summed E-state index contributed by atoms with van der Waals surface area (Å²) in [6, 6.07) is 6.63. The third kappa shape index (κ3) is 3.38. The van der Waals surface area contributed by atoms with Crippen LogP contribution in [-0.2, 0) is 25.4 Å². The van der Waals surface area contributed by atoms with Crippen LogP contribution in [0.2, 0.25) is 0 Å². The molecule has 1 amide bonds. The first kappa shape index (κ1) is 19.9. The maximum absolute atomic E-state index is 14.0. The zero-order valence-electron chi connectivity index (χ0n) is 16.9. The fraction of sp³-hybridized carbons (Fsp3) is 0.400. The van der Waals surface area contributed by atoms with Crippen LogP contribution in [0, 0.1) is 5.82 Å². The fourth-order valence-corrected chi connectivity index (χ4v) is 3.85. The molecule has 3 aromatic rings. The van der Waals surface area contributed by atoms with Crippen LogP contribution in [0.25, 0.3) is 11.2 Å². The van der Waals surface area contributed by atoms with Gasteiger partial charge in [-0.25, -0.2) is 14.2 Å². The van der Waals surface area contributed by atoms with Gasteiger partial charge in [-0.1, -0.05) is 12.1 Å². The smallest absolute Gasteiger partial charge is 0.332 e. The van der Waals surface area contributed by atoms with E-state index in [1.807, 2.05) is 4.90 Å². The summed E-state index contributed by atoms with van der Waals surface area (Å²) in [7, 11) is 2.98. The number of aromatic nitrogens is 4. The lowest BCUT2D eigenvalue weighted by Gasteiger charge is -2.36. The Hall–Kier alpha value is -3.43. The number of rotatable bonds is 4. The molecule has 0 spiro atoms. The number of amides is 1. The number of para-hydroxylation sites is 1. The van der Waals surface area contributed by atoms with Gasteiger partial charge in [0.05, 0.1) is 12.0 Å². The Balaban J connectivity index is 1.42. The first-order valence-corrected chi connectivity index (χ1v) is 9.76. The zero-order valence-corrected chi connectivity index (χ0v) is 16.9. The Kier molecular flexibility index (Phi) is 5.15. The van der Waals surface area contributed by atoms with E-state index >= 15 is 0 Å². The molecule has 0 atom stereocenters. The highest BCUT2D eigenvalue weighted by Gasteiger charge is 2.23. The summed E-state index contributed by atoms with van der Waals surface area (Å²) in [5, 5.41) is 0. The number of piperazine rings is 1. The number of anilines is 1. The van der Waals surface area contributed by atoms with Crippen molar-refractivity contribution >= 4 is 22.8 Å². The molecule has 158 valence electrons. The van der Waals surface area contributed by atoms with Crippen molar-refractivity contribution in [2.75, 3.05) is 31.1 Å². The van der Waals surface area contributed by atoms with Gasteiger partial charge in [-0.15, -0.1) is 0 Å². The van der Waals surface area contributed by atoms with Crippen molar-refractivity contribution in [2.24, 2.45) is 14.1 Å². The van der Waals surface area contributed by atoms with E-state index in [0.29, 0.717) is 43.0 Å². The molecule has 3 heterocycles. The van der Waals surface area contributed by atoms with E-state index in [1.54, 1.807) is 34.7 Å².